The number of fused-ring (bicyclic) bond motifs is 4. The zero-order chi connectivity index (χ0) is 20.3. The van der Waals surface area contributed by atoms with Crippen molar-refractivity contribution in [3.05, 3.63) is 77.7 Å². The van der Waals surface area contributed by atoms with Crippen molar-refractivity contribution in [2.75, 3.05) is 0 Å². The van der Waals surface area contributed by atoms with Gasteiger partial charge in [0, 0.05) is 11.6 Å². The first-order valence-electron chi connectivity index (χ1n) is 8.54. The molecule has 0 atom stereocenters. The van der Waals surface area contributed by atoms with Crippen molar-refractivity contribution in [1.82, 2.24) is 9.55 Å². The summed E-state index contributed by atoms with van der Waals surface area (Å²) < 4.78 is 60.2. The van der Waals surface area contributed by atoms with E-state index in [0.717, 1.165) is 24.3 Å². The largest absolute Gasteiger partial charge is 0.456 e. The molecule has 2 aromatic carbocycles. The first-order valence-corrected chi connectivity index (χ1v) is 8.54. The number of alkyl halides is 3. The Morgan fingerprint density at radius 1 is 1.00 bits per heavy atom. The molecule has 0 aliphatic carbocycles. The van der Waals surface area contributed by atoms with Crippen LogP contribution >= 0.6 is 0 Å². The lowest BCUT2D eigenvalue weighted by Gasteiger charge is -2.14. The van der Waals surface area contributed by atoms with E-state index in [2.05, 4.69) is 4.98 Å². The molecule has 29 heavy (non-hydrogen) atoms. The maximum absolute atomic E-state index is 13.3. The van der Waals surface area contributed by atoms with Gasteiger partial charge in [-0.25, -0.2) is 9.37 Å². The highest BCUT2D eigenvalue weighted by molar-refractivity contribution is 6.13. The number of ether oxygens (including phenoxy) is 1. The van der Waals surface area contributed by atoms with Crippen molar-refractivity contribution >= 4 is 16.8 Å². The van der Waals surface area contributed by atoms with E-state index in [-0.39, 0.29) is 28.0 Å². The lowest BCUT2D eigenvalue weighted by atomic mass is 10.0. The Morgan fingerprint density at radius 3 is 2.48 bits per heavy atom. The van der Waals surface area contributed by atoms with Gasteiger partial charge in [0.25, 0.3) is 5.91 Å². The maximum Gasteiger partial charge on any atom is 0.416 e. The maximum atomic E-state index is 13.3. The summed E-state index contributed by atoms with van der Waals surface area (Å²) in [7, 11) is 0. The van der Waals surface area contributed by atoms with Crippen LogP contribution in [0.25, 0.3) is 22.3 Å². The van der Waals surface area contributed by atoms with Crippen LogP contribution in [0.15, 0.2) is 60.8 Å². The smallest absolute Gasteiger partial charge is 0.416 e. The van der Waals surface area contributed by atoms with Gasteiger partial charge < -0.3 is 4.74 Å². The number of rotatable bonds is 2. The summed E-state index contributed by atoms with van der Waals surface area (Å²) in [5.41, 5.74) is 0.272. The van der Waals surface area contributed by atoms with Crippen molar-refractivity contribution < 1.29 is 27.1 Å². The van der Waals surface area contributed by atoms with Crippen LogP contribution in [0, 0.1) is 5.82 Å². The topological polar surface area (TPSA) is 44.1 Å². The van der Waals surface area contributed by atoms with Gasteiger partial charge in [-0.2, -0.15) is 13.2 Å². The number of pyridine rings is 1. The average molecular weight is 398 g/mol. The molecule has 0 saturated heterocycles. The van der Waals surface area contributed by atoms with Crippen LogP contribution in [0.3, 0.4) is 0 Å². The van der Waals surface area contributed by atoms with Gasteiger partial charge in [-0.15, -0.1) is 0 Å². The predicted molar refractivity (Wildman–Crippen MR) is 96.4 cm³/mol. The Morgan fingerprint density at radius 2 is 1.76 bits per heavy atom. The molecule has 5 rings (SSSR count). The molecular weight excluding hydrogens is 388 g/mol. The second-order valence-electron chi connectivity index (χ2n) is 6.52. The van der Waals surface area contributed by atoms with Gasteiger partial charge in [0.1, 0.15) is 22.8 Å². The molecule has 1 aliphatic heterocycles. The van der Waals surface area contributed by atoms with E-state index in [1.807, 2.05) is 0 Å². The van der Waals surface area contributed by atoms with Crippen molar-refractivity contribution in [3.8, 4) is 22.9 Å². The number of carbonyl (C=O) groups is 1. The van der Waals surface area contributed by atoms with Crippen LogP contribution in [0.2, 0.25) is 0 Å². The first kappa shape index (κ1) is 17.4. The molecule has 4 aromatic rings. The molecule has 0 radical (unpaired) electrons. The fourth-order valence-corrected chi connectivity index (χ4v) is 3.39. The monoisotopic (exact) mass is 398 g/mol. The lowest BCUT2D eigenvalue weighted by molar-refractivity contribution is -0.137. The van der Waals surface area contributed by atoms with Crippen LogP contribution in [-0.4, -0.2) is 15.5 Å². The summed E-state index contributed by atoms with van der Waals surface area (Å²) in [6, 6.07) is 11.4. The molecular formula is C21H10F4N2O2. The van der Waals surface area contributed by atoms with Crippen LogP contribution in [-0.2, 0) is 6.18 Å². The standard InChI is InChI=1S/C21H10F4N2O2/c22-12-4-6-13(7-5-12)29-19-14-10-11(21(23,24)25)3-8-15(14)26-18-16-2-1-9-27(16)20(28)17(18)19/h1-10H. The molecule has 2 aromatic heterocycles. The van der Waals surface area contributed by atoms with Gasteiger partial charge >= 0.3 is 6.18 Å². The minimum absolute atomic E-state index is 0.0435. The summed E-state index contributed by atoms with van der Waals surface area (Å²) in [5.74, 6) is -0.809. The van der Waals surface area contributed by atoms with Gasteiger partial charge in [-0.1, -0.05) is 0 Å². The molecule has 3 heterocycles. The van der Waals surface area contributed by atoms with E-state index in [9.17, 15) is 22.4 Å². The molecule has 8 heteroatoms. The first-order chi connectivity index (χ1) is 13.8. The third-order valence-corrected chi connectivity index (χ3v) is 4.72. The summed E-state index contributed by atoms with van der Waals surface area (Å²) in [6.07, 6.45) is -3.03. The number of hydrogen-bond donors (Lipinski definition) is 0. The fraction of sp³-hybridized carbons (Fsp3) is 0.0476. The Bertz CT molecular complexity index is 1290. The molecule has 1 aliphatic rings. The second kappa shape index (κ2) is 5.91. The van der Waals surface area contributed by atoms with E-state index >= 15 is 0 Å². The Kier molecular flexibility index (Phi) is 3.55. The highest BCUT2D eigenvalue weighted by Gasteiger charge is 2.35. The number of nitrogens with zero attached hydrogens (tertiary/aromatic N) is 2. The molecule has 0 saturated carbocycles. The zero-order valence-corrected chi connectivity index (χ0v) is 14.5. The zero-order valence-electron chi connectivity index (χ0n) is 14.5. The highest BCUT2D eigenvalue weighted by atomic mass is 19.4. The molecule has 0 unspecified atom stereocenters. The minimum atomic E-state index is -4.57. The van der Waals surface area contributed by atoms with E-state index < -0.39 is 23.5 Å². The van der Waals surface area contributed by atoms with E-state index in [0.29, 0.717) is 11.4 Å². The summed E-state index contributed by atoms with van der Waals surface area (Å²) in [6.45, 7) is 0. The number of hydrogen-bond acceptors (Lipinski definition) is 3. The number of halogens is 4. The van der Waals surface area contributed by atoms with E-state index in [1.54, 1.807) is 18.3 Å². The lowest BCUT2D eigenvalue weighted by Crippen LogP contribution is -2.08. The summed E-state index contributed by atoms with van der Waals surface area (Å²) >= 11 is 0. The van der Waals surface area contributed by atoms with Crippen molar-refractivity contribution in [2.45, 2.75) is 6.18 Å². The molecule has 0 fully saturated rings. The number of aromatic nitrogens is 2. The van der Waals surface area contributed by atoms with E-state index in [4.69, 9.17) is 4.74 Å². The summed E-state index contributed by atoms with van der Waals surface area (Å²) in [4.78, 5) is 17.3. The molecule has 4 nitrogen and oxygen atoms in total. The van der Waals surface area contributed by atoms with Gasteiger partial charge in [0.05, 0.1) is 16.8 Å². The van der Waals surface area contributed by atoms with Crippen molar-refractivity contribution in [2.24, 2.45) is 0 Å². The predicted octanol–water partition coefficient (Wildman–Crippen LogP) is 5.66. The number of benzene rings is 2. The molecule has 144 valence electrons. The molecule has 0 N–H and O–H groups in total. The number of carbonyl (C=O) groups excluding carboxylic acids is 1. The van der Waals surface area contributed by atoms with Crippen LogP contribution in [0.5, 0.6) is 11.5 Å². The third kappa shape index (κ3) is 2.67. The van der Waals surface area contributed by atoms with Gasteiger partial charge in [0.15, 0.2) is 5.75 Å². The van der Waals surface area contributed by atoms with Crippen LogP contribution in [0.1, 0.15) is 15.9 Å². The highest BCUT2D eigenvalue weighted by Crippen LogP contribution is 2.44. The summed E-state index contributed by atoms with van der Waals surface area (Å²) in [5, 5.41) is 0.0435. The van der Waals surface area contributed by atoms with Crippen LogP contribution < -0.4 is 4.74 Å². The Balaban J connectivity index is 1.80. The van der Waals surface area contributed by atoms with Crippen LogP contribution in [0.4, 0.5) is 17.6 Å². The molecule has 0 amide bonds. The Hall–Kier alpha value is -3.68. The normalized spacial score (nSPS) is 12.9. The SMILES string of the molecule is O=C1c2c(nc3ccc(C(F)(F)F)cc3c2Oc2ccc(F)cc2)-c2cccn21. The quantitative estimate of drug-likeness (QED) is 0.361. The van der Waals surface area contributed by atoms with Crippen molar-refractivity contribution in [1.29, 1.82) is 0 Å². The second-order valence-corrected chi connectivity index (χ2v) is 6.52. The fourth-order valence-electron chi connectivity index (χ4n) is 3.39. The average Bonchev–Trinajstić information content (AvgIpc) is 3.26. The van der Waals surface area contributed by atoms with Gasteiger partial charge in [-0.3, -0.25) is 9.36 Å². The van der Waals surface area contributed by atoms with Gasteiger partial charge in [-0.05, 0) is 54.6 Å². The molecule has 0 spiro atoms. The van der Waals surface area contributed by atoms with Crippen molar-refractivity contribution in [3.63, 3.8) is 0 Å². The van der Waals surface area contributed by atoms with Gasteiger partial charge in [0.2, 0.25) is 0 Å². The van der Waals surface area contributed by atoms with E-state index in [1.165, 1.54) is 22.8 Å². The minimum Gasteiger partial charge on any atom is -0.456 e. The Labute approximate surface area is 161 Å². The molecule has 0 bridgehead atoms. The third-order valence-electron chi connectivity index (χ3n) is 4.72.